The van der Waals surface area contributed by atoms with Crippen molar-refractivity contribution < 1.29 is 14.3 Å². The van der Waals surface area contributed by atoms with Crippen molar-refractivity contribution in [2.75, 3.05) is 20.8 Å². The van der Waals surface area contributed by atoms with E-state index in [1.807, 2.05) is 0 Å². The van der Waals surface area contributed by atoms with Gasteiger partial charge in [-0.15, -0.1) is 0 Å². The number of carbonyl (C=O) groups is 1. The Labute approximate surface area is 90.3 Å². The van der Waals surface area contributed by atoms with Gasteiger partial charge >= 0.3 is 0 Å². The molecule has 5 heteroatoms. The number of methoxy groups -OCH3 is 2. The molecule has 0 bridgehead atoms. The number of carbonyl (C=O) groups excluding carboxylic acids is 1. The van der Waals surface area contributed by atoms with Gasteiger partial charge in [-0.25, -0.2) is 0 Å². The molecule has 1 fully saturated rings. The molecule has 2 unspecified atom stereocenters. The molecule has 0 aromatic heterocycles. The Hall–Kier alpha value is -0.650. The normalized spacial score (nSPS) is 25.9. The lowest BCUT2D eigenvalue weighted by atomic mass is 10.0. The maximum absolute atomic E-state index is 11.7. The van der Waals surface area contributed by atoms with E-state index in [0.717, 1.165) is 19.3 Å². The van der Waals surface area contributed by atoms with E-state index in [0.29, 0.717) is 6.54 Å². The summed E-state index contributed by atoms with van der Waals surface area (Å²) < 4.78 is 9.94. The monoisotopic (exact) mass is 216 g/mol. The highest BCUT2D eigenvalue weighted by molar-refractivity contribution is 5.79. The molecule has 2 atom stereocenters. The zero-order valence-corrected chi connectivity index (χ0v) is 9.36. The molecule has 88 valence electrons. The fraction of sp³-hybridized carbons (Fsp3) is 0.900. The van der Waals surface area contributed by atoms with E-state index in [4.69, 9.17) is 15.2 Å². The SMILES string of the molecule is COC(CNC(=O)C1CCCC1N)OC. The van der Waals surface area contributed by atoms with E-state index in [1.54, 1.807) is 14.2 Å². The van der Waals surface area contributed by atoms with Crippen LogP contribution in [0.3, 0.4) is 0 Å². The van der Waals surface area contributed by atoms with Crippen LogP contribution in [0.5, 0.6) is 0 Å². The van der Waals surface area contributed by atoms with Crippen LogP contribution < -0.4 is 11.1 Å². The third-order valence-electron chi connectivity index (χ3n) is 2.87. The highest BCUT2D eigenvalue weighted by atomic mass is 16.7. The minimum Gasteiger partial charge on any atom is -0.354 e. The maximum Gasteiger partial charge on any atom is 0.224 e. The van der Waals surface area contributed by atoms with Crippen LogP contribution in [-0.2, 0) is 14.3 Å². The summed E-state index contributed by atoms with van der Waals surface area (Å²) in [6.45, 7) is 0.370. The highest BCUT2D eigenvalue weighted by Crippen LogP contribution is 2.23. The number of hydrogen-bond donors (Lipinski definition) is 2. The molecule has 15 heavy (non-hydrogen) atoms. The Morgan fingerprint density at radius 2 is 2.13 bits per heavy atom. The number of nitrogens with two attached hydrogens (primary N) is 1. The van der Waals surface area contributed by atoms with Crippen molar-refractivity contribution in [3.8, 4) is 0 Å². The van der Waals surface area contributed by atoms with Crippen LogP contribution in [0.2, 0.25) is 0 Å². The van der Waals surface area contributed by atoms with E-state index < -0.39 is 0 Å². The molecular weight excluding hydrogens is 196 g/mol. The van der Waals surface area contributed by atoms with E-state index >= 15 is 0 Å². The Balaban J connectivity index is 2.29. The topological polar surface area (TPSA) is 73.6 Å². The first-order chi connectivity index (χ1) is 7.19. The number of ether oxygens (including phenoxy) is 2. The Kier molecular flexibility index (Phi) is 5.01. The molecule has 0 aromatic carbocycles. The molecule has 1 aliphatic carbocycles. The van der Waals surface area contributed by atoms with Gasteiger partial charge in [0.05, 0.1) is 12.5 Å². The van der Waals surface area contributed by atoms with E-state index in [-0.39, 0.29) is 24.2 Å². The summed E-state index contributed by atoms with van der Waals surface area (Å²) in [7, 11) is 3.09. The van der Waals surface area contributed by atoms with E-state index in [9.17, 15) is 4.79 Å². The van der Waals surface area contributed by atoms with Gasteiger partial charge in [-0.05, 0) is 12.8 Å². The molecule has 5 nitrogen and oxygen atoms in total. The molecule has 0 radical (unpaired) electrons. The van der Waals surface area contributed by atoms with Crippen LogP contribution in [0, 0.1) is 5.92 Å². The third-order valence-corrected chi connectivity index (χ3v) is 2.87. The molecule has 0 heterocycles. The lowest BCUT2D eigenvalue weighted by Crippen LogP contribution is -2.42. The molecule has 3 N–H and O–H groups in total. The predicted octanol–water partition coefficient (Wildman–Crippen LogP) is -0.151. The predicted molar refractivity (Wildman–Crippen MR) is 56.1 cm³/mol. The van der Waals surface area contributed by atoms with Gasteiger partial charge in [0.2, 0.25) is 5.91 Å². The largest absolute Gasteiger partial charge is 0.354 e. The first-order valence-electron chi connectivity index (χ1n) is 5.28. The highest BCUT2D eigenvalue weighted by Gasteiger charge is 2.30. The summed E-state index contributed by atoms with van der Waals surface area (Å²) in [6.07, 6.45) is 2.48. The van der Waals surface area contributed by atoms with Crippen molar-refractivity contribution in [2.45, 2.75) is 31.6 Å². The second kappa shape index (κ2) is 6.05. The lowest BCUT2D eigenvalue weighted by Gasteiger charge is -2.18. The second-order valence-electron chi connectivity index (χ2n) is 3.85. The van der Waals surface area contributed by atoms with Gasteiger partial charge in [0.25, 0.3) is 0 Å². The number of rotatable bonds is 5. The average Bonchev–Trinajstić information content (AvgIpc) is 2.66. The Bertz CT molecular complexity index is 207. The fourth-order valence-corrected chi connectivity index (χ4v) is 1.89. The minimum atomic E-state index is -0.383. The van der Waals surface area contributed by atoms with Crippen LogP contribution in [0.4, 0.5) is 0 Å². The zero-order chi connectivity index (χ0) is 11.3. The Morgan fingerprint density at radius 3 is 2.60 bits per heavy atom. The van der Waals surface area contributed by atoms with Gasteiger partial charge in [-0.3, -0.25) is 4.79 Å². The van der Waals surface area contributed by atoms with Crippen molar-refractivity contribution in [1.29, 1.82) is 0 Å². The minimum absolute atomic E-state index is 0.00791. The summed E-state index contributed by atoms with van der Waals surface area (Å²) in [5.74, 6) is -0.0292. The van der Waals surface area contributed by atoms with Gasteiger partial charge < -0.3 is 20.5 Å². The first kappa shape index (κ1) is 12.4. The summed E-state index contributed by atoms with van der Waals surface area (Å²) in [4.78, 5) is 11.7. The molecule has 0 spiro atoms. The molecule has 1 aliphatic rings. The van der Waals surface area contributed by atoms with E-state index in [2.05, 4.69) is 5.32 Å². The molecule has 0 aliphatic heterocycles. The summed E-state index contributed by atoms with van der Waals surface area (Å²) >= 11 is 0. The first-order valence-corrected chi connectivity index (χ1v) is 5.28. The molecule has 0 saturated heterocycles. The maximum atomic E-state index is 11.7. The molecule has 1 rings (SSSR count). The number of nitrogens with one attached hydrogen (secondary N) is 1. The molecule has 1 amide bonds. The number of amides is 1. The zero-order valence-electron chi connectivity index (χ0n) is 9.36. The van der Waals surface area contributed by atoms with Crippen molar-refractivity contribution in [2.24, 2.45) is 11.7 Å². The molecule has 0 aromatic rings. The quantitative estimate of drug-likeness (QED) is 0.627. The smallest absolute Gasteiger partial charge is 0.224 e. The van der Waals surface area contributed by atoms with Crippen molar-refractivity contribution in [3.05, 3.63) is 0 Å². The average molecular weight is 216 g/mol. The molecule has 1 saturated carbocycles. The van der Waals surface area contributed by atoms with Gasteiger partial charge in [-0.2, -0.15) is 0 Å². The number of hydrogen-bond acceptors (Lipinski definition) is 4. The van der Waals surface area contributed by atoms with Crippen LogP contribution in [-0.4, -0.2) is 39.0 Å². The fourth-order valence-electron chi connectivity index (χ4n) is 1.89. The summed E-state index contributed by atoms with van der Waals surface area (Å²) in [5, 5.41) is 2.79. The van der Waals surface area contributed by atoms with Gasteiger partial charge in [0, 0.05) is 20.3 Å². The van der Waals surface area contributed by atoms with Crippen LogP contribution >= 0.6 is 0 Å². The second-order valence-corrected chi connectivity index (χ2v) is 3.85. The summed E-state index contributed by atoms with van der Waals surface area (Å²) in [6, 6.07) is 0.00791. The van der Waals surface area contributed by atoms with Gasteiger partial charge in [0.15, 0.2) is 6.29 Å². The standard InChI is InChI=1S/C10H20N2O3/c1-14-9(15-2)6-12-10(13)7-4-3-5-8(7)11/h7-9H,3-6,11H2,1-2H3,(H,12,13). The van der Waals surface area contributed by atoms with Gasteiger partial charge in [0.1, 0.15) is 0 Å². The Morgan fingerprint density at radius 1 is 1.47 bits per heavy atom. The van der Waals surface area contributed by atoms with Crippen LogP contribution in [0.15, 0.2) is 0 Å². The van der Waals surface area contributed by atoms with E-state index in [1.165, 1.54) is 0 Å². The summed E-state index contributed by atoms with van der Waals surface area (Å²) in [5.41, 5.74) is 5.83. The van der Waals surface area contributed by atoms with Crippen molar-refractivity contribution >= 4 is 5.91 Å². The lowest BCUT2D eigenvalue weighted by molar-refractivity contribution is -0.131. The van der Waals surface area contributed by atoms with Crippen molar-refractivity contribution in [3.63, 3.8) is 0 Å². The van der Waals surface area contributed by atoms with Gasteiger partial charge in [-0.1, -0.05) is 6.42 Å². The van der Waals surface area contributed by atoms with Crippen LogP contribution in [0.1, 0.15) is 19.3 Å². The van der Waals surface area contributed by atoms with Crippen molar-refractivity contribution in [1.82, 2.24) is 5.32 Å². The third kappa shape index (κ3) is 3.44. The molecular formula is C10H20N2O3. The van der Waals surface area contributed by atoms with Crippen LogP contribution in [0.25, 0.3) is 0 Å².